The molecule has 3 aliphatic carbocycles. The fourth-order valence-electron chi connectivity index (χ4n) is 6.82. The van der Waals surface area contributed by atoms with Gasteiger partial charge in [-0.25, -0.2) is 0 Å². The number of hydrogen-bond acceptors (Lipinski definition) is 9. The number of hydrogen-bond donors (Lipinski definition) is 3. The van der Waals surface area contributed by atoms with E-state index < -0.39 is 64.4 Å². The molecule has 204 valence electrons. The highest BCUT2D eigenvalue weighted by Crippen LogP contribution is 2.51. The SMILES string of the molecule is CN(C)[C@@H]1C(=O)C(C(N)=O)C(=O)[C@@]2(O)C(=O)C3C(=O)c4c(O)ccc(-c5cccc(C=CC#N)c5)c4C[C@H]3C[C@@H]12. The first-order chi connectivity index (χ1) is 18.9. The molecule has 2 fully saturated rings. The molecule has 10 nitrogen and oxygen atoms in total. The monoisotopic (exact) mass is 541 g/mol. The number of nitriles is 1. The van der Waals surface area contributed by atoms with Gasteiger partial charge in [0.25, 0.3) is 0 Å². The summed E-state index contributed by atoms with van der Waals surface area (Å²) in [5.41, 5.74) is 5.15. The van der Waals surface area contributed by atoms with Crippen molar-refractivity contribution in [1.29, 1.82) is 5.26 Å². The van der Waals surface area contributed by atoms with Crippen LogP contribution in [-0.2, 0) is 25.6 Å². The van der Waals surface area contributed by atoms with E-state index in [4.69, 9.17) is 11.0 Å². The van der Waals surface area contributed by atoms with Crippen molar-refractivity contribution in [2.45, 2.75) is 24.5 Å². The third kappa shape index (κ3) is 3.81. The number of phenols is 1. The number of allylic oxidation sites excluding steroid dienone is 1. The molecule has 40 heavy (non-hydrogen) atoms. The number of likely N-dealkylation sites (N-methyl/N-ethyl adjacent to an activating group) is 1. The first kappa shape index (κ1) is 27.1. The lowest BCUT2D eigenvalue weighted by atomic mass is 9.52. The second-order valence-electron chi connectivity index (χ2n) is 10.9. The number of nitrogens with two attached hydrogens (primary N) is 1. The molecule has 0 radical (unpaired) electrons. The molecule has 4 N–H and O–H groups in total. The average molecular weight is 542 g/mol. The largest absolute Gasteiger partial charge is 0.507 e. The van der Waals surface area contributed by atoms with Crippen LogP contribution in [0.4, 0.5) is 0 Å². The van der Waals surface area contributed by atoms with Crippen LogP contribution in [-0.4, -0.2) is 69.9 Å². The number of benzene rings is 2. The summed E-state index contributed by atoms with van der Waals surface area (Å²) < 4.78 is 0. The Morgan fingerprint density at radius 1 is 1.15 bits per heavy atom. The molecule has 2 unspecified atom stereocenters. The van der Waals surface area contributed by atoms with Crippen LogP contribution in [0.1, 0.15) is 27.9 Å². The van der Waals surface area contributed by atoms with Crippen molar-refractivity contribution >= 4 is 35.1 Å². The van der Waals surface area contributed by atoms with Gasteiger partial charge in [0, 0.05) is 12.0 Å². The van der Waals surface area contributed by atoms with Gasteiger partial charge < -0.3 is 15.9 Å². The van der Waals surface area contributed by atoms with Crippen LogP contribution >= 0.6 is 0 Å². The molecule has 0 bridgehead atoms. The minimum atomic E-state index is -2.76. The number of aliphatic hydroxyl groups is 1. The summed E-state index contributed by atoms with van der Waals surface area (Å²) in [7, 11) is 3.08. The van der Waals surface area contributed by atoms with Gasteiger partial charge >= 0.3 is 0 Å². The summed E-state index contributed by atoms with van der Waals surface area (Å²) in [4.78, 5) is 67.9. The normalized spacial score (nSPS) is 29.6. The van der Waals surface area contributed by atoms with Crippen LogP contribution in [0.5, 0.6) is 5.75 Å². The zero-order valence-electron chi connectivity index (χ0n) is 21.8. The number of fused-ring (bicyclic) bond motifs is 3. The molecule has 0 heterocycles. The van der Waals surface area contributed by atoms with Crippen molar-refractivity contribution in [3.8, 4) is 22.9 Å². The molecule has 2 saturated carbocycles. The van der Waals surface area contributed by atoms with Crippen molar-refractivity contribution in [3.05, 3.63) is 59.2 Å². The van der Waals surface area contributed by atoms with Crippen molar-refractivity contribution in [2.24, 2.45) is 29.4 Å². The number of primary amides is 1. The quantitative estimate of drug-likeness (QED) is 0.377. The van der Waals surface area contributed by atoms with Gasteiger partial charge in [0.05, 0.1) is 23.6 Å². The molecule has 2 aromatic carbocycles. The third-order valence-corrected chi connectivity index (χ3v) is 8.49. The summed E-state index contributed by atoms with van der Waals surface area (Å²) in [6, 6.07) is 11.1. The molecule has 0 spiro atoms. The van der Waals surface area contributed by atoms with Gasteiger partial charge in [0.15, 0.2) is 34.7 Å². The zero-order valence-corrected chi connectivity index (χ0v) is 21.8. The lowest BCUT2D eigenvalue weighted by Gasteiger charge is -2.52. The van der Waals surface area contributed by atoms with Crippen LogP contribution in [0.3, 0.4) is 0 Å². The number of carbonyl (C=O) groups is 5. The van der Waals surface area contributed by atoms with E-state index in [1.165, 1.54) is 17.0 Å². The van der Waals surface area contributed by atoms with E-state index >= 15 is 0 Å². The molecule has 6 atom stereocenters. The van der Waals surface area contributed by atoms with E-state index in [1.54, 1.807) is 32.3 Å². The van der Waals surface area contributed by atoms with Gasteiger partial charge in [-0.05, 0) is 73.3 Å². The topological polar surface area (TPSA) is 179 Å². The average Bonchev–Trinajstić information content (AvgIpc) is 2.89. The second-order valence-corrected chi connectivity index (χ2v) is 10.9. The highest BCUT2D eigenvalue weighted by molar-refractivity contribution is 6.32. The number of rotatable bonds is 4. The van der Waals surface area contributed by atoms with Crippen LogP contribution in [0.25, 0.3) is 17.2 Å². The molecule has 0 aliphatic heterocycles. The number of amides is 1. The lowest BCUT2D eigenvalue weighted by molar-refractivity contribution is -0.181. The molecule has 5 rings (SSSR count). The first-order valence-corrected chi connectivity index (χ1v) is 12.8. The van der Waals surface area contributed by atoms with E-state index in [1.807, 2.05) is 24.3 Å². The lowest BCUT2D eigenvalue weighted by Crippen LogP contribution is -2.74. The summed E-state index contributed by atoms with van der Waals surface area (Å²) in [5, 5.41) is 31.3. The van der Waals surface area contributed by atoms with E-state index in [0.29, 0.717) is 11.1 Å². The van der Waals surface area contributed by atoms with Crippen LogP contribution in [0, 0.1) is 35.0 Å². The molecule has 3 aliphatic rings. The Morgan fingerprint density at radius 3 is 2.52 bits per heavy atom. The van der Waals surface area contributed by atoms with Gasteiger partial charge in [-0.2, -0.15) is 5.26 Å². The van der Waals surface area contributed by atoms with Gasteiger partial charge in [0.1, 0.15) is 5.75 Å². The Balaban J connectivity index is 1.64. The van der Waals surface area contributed by atoms with E-state index in [-0.39, 0.29) is 24.2 Å². The zero-order chi connectivity index (χ0) is 29.1. The van der Waals surface area contributed by atoms with Gasteiger partial charge in [-0.1, -0.05) is 24.3 Å². The summed E-state index contributed by atoms with van der Waals surface area (Å²) in [6.45, 7) is 0. The number of phenolic OH excluding ortho intramolecular Hbond substituents is 1. The van der Waals surface area contributed by atoms with Crippen LogP contribution in [0.15, 0.2) is 42.5 Å². The second kappa shape index (κ2) is 9.62. The van der Waals surface area contributed by atoms with Crippen LogP contribution in [0.2, 0.25) is 0 Å². The molecule has 0 saturated heterocycles. The predicted molar refractivity (Wildman–Crippen MR) is 141 cm³/mol. The fourth-order valence-corrected chi connectivity index (χ4v) is 6.82. The van der Waals surface area contributed by atoms with Crippen molar-refractivity contribution in [3.63, 3.8) is 0 Å². The molecular weight excluding hydrogens is 514 g/mol. The molecule has 2 aromatic rings. The Labute approximate surface area is 229 Å². The van der Waals surface area contributed by atoms with E-state index in [0.717, 1.165) is 11.1 Å². The van der Waals surface area contributed by atoms with Gasteiger partial charge in [0.2, 0.25) is 5.91 Å². The maximum Gasteiger partial charge on any atom is 0.235 e. The third-order valence-electron chi connectivity index (χ3n) is 8.49. The van der Waals surface area contributed by atoms with E-state index in [9.17, 15) is 34.2 Å². The first-order valence-electron chi connectivity index (χ1n) is 12.8. The molecule has 1 amide bonds. The number of Topliss-reactive ketones (excluding diaryl/α,β-unsaturated/α-hetero) is 4. The number of ketones is 4. The van der Waals surface area contributed by atoms with Crippen LogP contribution < -0.4 is 5.73 Å². The smallest absolute Gasteiger partial charge is 0.235 e. The molecule has 10 heteroatoms. The van der Waals surface area contributed by atoms with Crippen molar-refractivity contribution < 1.29 is 34.2 Å². The number of aromatic hydroxyl groups is 1. The molecule has 0 aromatic heterocycles. The van der Waals surface area contributed by atoms with Crippen molar-refractivity contribution in [1.82, 2.24) is 4.90 Å². The maximum atomic E-state index is 13.9. The van der Waals surface area contributed by atoms with Crippen molar-refractivity contribution in [2.75, 3.05) is 14.1 Å². The Bertz CT molecular complexity index is 1570. The highest BCUT2D eigenvalue weighted by atomic mass is 16.3. The van der Waals surface area contributed by atoms with Gasteiger partial charge in [-0.3, -0.25) is 28.9 Å². The molecular formula is C30H27N3O7. The van der Waals surface area contributed by atoms with E-state index in [2.05, 4.69) is 0 Å². The Morgan fingerprint density at radius 2 is 1.88 bits per heavy atom. The van der Waals surface area contributed by atoms with Gasteiger partial charge in [-0.15, -0.1) is 0 Å². The summed E-state index contributed by atoms with van der Waals surface area (Å²) in [5.74, 6) is -10.8. The summed E-state index contributed by atoms with van der Waals surface area (Å²) in [6.07, 6.45) is 3.11. The Hall–Kier alpha value is -4.46. The highest BCUT2D eigenvalue weighted by Gasteiger charge is 2.69. The maximum absolute atomic E-state index is 13.9. The fraction of sp³-hybridized carbons (Fsp3) is 0.333. The minimum absolute atomic E-state index is 0.0239. The minimum Gasteiger partial charge on any atom is -0.507 e. The predicted octanol–water partition coefficient (Wildman–Crippen LogP) is 1.07. The number of nitrogens with zero attached hydrogens (tertiary/aromatic N) is 2. The Kier molecular flexibility index (Phi) is 6.53. The summed E-state index contributed by atoms with van der Waals surface area (Å²) >= 11 is 0. The standard InChI is InChI=1S/C30H27N3O7/c1-33(2)24-19-13-16-12-18-17(15-7-3-5-14(11-15)6-4-10-31)8-9-20(34)22(18)25(35)21(16)27(37)30(19,40)28(38)23(26(24)36)29(32)39/h3-9,11,16,19,21,23-24,34,40H,12-13H2,1-2H3,(H2,32,39)/t16-,19-,21?,23?,24-,30-/m0/s1. The number of carbonyl (C=O) groups excluding carboxylic acids is 5.